The number of fused-ring (bicyclic) bond motifs is 2. The van der Waals surface area contributed by atoms with Gasteiger partial charge in [0, 0.05) is 6.54 Å². The van der Waals surface area contributed by atoms with Crippen LogP contribution in [0.1, 0.15) is 27.7 Å². The Balaban J connectivity index is 1.44. The molecule has 4 heterocycles. The van der Waals surface area contributed by atoms with Crippen molar-refractivity contribution < 1.29 is 23.8 Å². The van der Waals surface area contributed by atoms with Crippen LogP contribution < -0.4 is 10.9 Å². The largest absolute Gasteiger partial charge is 0.501 e. The van der Waals surface area contributed by atoms with Gasteiger partial charge in [0.25, 0.3) is 11.5 Å². The first kappa shape index (κ1) is 20.3. The first-order valence-corrected chi connectivity index (χ1v) is 9.89. The van der Waals surface area contributed by atoms with Crippen LogP contribution in [0.15, 0.2) is 29.3 Å². The summed E-state index contributed by atoms with van der Waals surface area (Å²) in [5, 5.41) is 17.2. The Kier molecular flexibility index (Phi) is 4.75. The number of benzene rings is 1. The Hall–Kier alpha value is -3.64. The van der Waals surface area contributed by atoms with Crippen LogP contribution in [0.25, 0.3) is 5.69 Å². The van der Waals surface area contributed by atoms with E-state index in [1.165, 1.54) is 33.8 Å². The van der Waals surface area contributed by atoms with Crippen LogP contribution in [0.3, 0.4) is 0 Å². The smallest absolute Gasteiger partial charge is 0.296 e. The molecule has 0 bridgehead atoms. The normalized spacial score (nSPS) is 16.4. The molecule has 1 fully saturated rings. The topological polar surface area (TPSA) is 133 Å². The molecule has 2 aromatic heterocycles. The maximum absolute atomic E-state index is 13.8. The summed E-state index contributed by atoms with van der Waals surface area (Å²) >= 11 is 0. The van der Waals surface area contributed by atoms with Crippen LogP contribution >= 0.6 is 0 Å². The molecule has 0 unspecified atom stereocenters. The van der Waals surface area contributed by atoms with Crippen molar-refractivity contribution in [1.82, 2.24) is 29.6 Å². The average molecular weight is 442 g/mol. The van der Waals surface area contributed by atoms with Crippen molar-refractivity contribution in [3.05, 3.63) is 63.6 Å². The van der Waals surface area contributed by atoms with Gasteiger partial charge >= 0.3 is 0 Å². The number of carbonyl (C=O) groups excluding carboxylic acids is 1. The zero-order chi connectivity index (χ0) is 22.5. The van der Waals surface area contributed by atoms with Crippen molar-refractivity contribution in [3.63, 3.8) is 0 Å². The molecule has 2 aliphatic heterocycles. The molecule has 0 aliphatic carbocycles. The highest BCUT2D eigenvalue weighted by Crippen LogP contribution is 2.35. The maximum Gasteiger partial charge on any atom is 0.296 e. The van der Waals surface area contributed by atoms with Gasteiger partial charge in [-0.3, -0.25) is 14.2 Å². The lowest BCUT2D eigenvalue weighted by molar-refractivity contribution is -0.233. The van der Waals surface area contributed by atoms with E-state index in [4.69, 9.17) is 9.47 Å². The van der Waals surface area contributed by atoms with Crippen LogP contribution in [0.4, 0.5) is 4.39 Å². The quantitative estimate of drug-likeness (QED) is 0.584. The van der Waals surface area contributed by atoms with E-state index in [-0.39, 0.29) is 38.7 Å². The molecule has 3 aromatic rings. The Bertz CT molecular complexity index is 1280. The molecular weight excluding hydrogens is 423 g/mol. The first-order chi connectivity index (χ1) is 15.4. The second-order valence-corrected chi connectivity index (χ2v) is 7.62. The zero-order valence-electron chi connectivity index (χ0n) is 17.0. The van der Waals surface area contributed by atoms with E-state index in [1.807, 2.05) is 0 Å². The fourth-order valence-corrected chi connectivity index (χ4v) is 3.78. The number of nitrogens with zero attached hydrogens (tertiary/aromatic N) is 5. The Morgan fingerprint density at radius 3 is 2.88 bits per heavy atom. The average Bonchev–Trinajstić information content (AvgIpc) is 3.19. The van der Waals surface area contributed by atoms with Crippen LogP contribution in [0.2, 0.25) is 0 Å². The number of aromatic nitrogens is 5. The molecular formula is C20H19FN6O5. The molecule has 1 saturated heterocycles. The number of nitrogens with one attached hydrogen (secondary N) is 1. The summed E-state index contributed by atoms with van der Waals surface area (Å²) in [7, 11) is 0. The first-order valence-electron chi connectivity index (χ1n) is 9.89. The van der Waals surface area contributed by atoms with E-state index >= 15 is 0 Å². The third-order valence-corrected chi connectivity index (χ3v) is 5.47. The standard InChI is InChI=1S/C20H19FN6O5/c1-11-23-10-27(25-11)14-6-13(21)3-2-12(14)7-22-17(29)15-16(28)18(30)26-4-5-32-20(8-31-9-20)19(26)24-15/h2-3,6,10,28H,4-5,7-9H2,1H3,(H,22,29). The summed E-state index contributed by atoms with van der Waals surface area (Å²) in [5.41, 5.74) is -1.07. The third-order valence-electron chi connectivity index (χ3n) is 5.47. The van der Waals surface area contributed by atoms with Gasteiger partial charge in [0.05, 0.1) is 32.1 Å². The van der Waals surface area contributed by atoms with Crippen molar-refractivity contribution >= 4 is 5.91 Å². The van der Waals surface area contributed by atoms with Crippen molar-refractivity contribution in [2.45, 2.75) is 25.6 Å². The summed E-state index contributed by atoms with van der Waals surface area (Å²) in [6.45, 7) is 2.58. The minimum atomic E-state index is -0.894. The number of aryl methyl sites for hydroxylation is 1. The summed E-state index contributed by atoms with van der Waals surface area (Å²) in [6.07, 6.45) is 1.44. The highest BCUT2D eigenvalue weighted by atomic mass is 19.1. The van der Waals surface area contributed by atoms with Crippen LogP contribution in [-0.4, -0.2) is 55.1 Å². The fraction of sp³-hybridized carbons (Fsp3) is 0.350. The van der Waals surface area contributed by atoms with Gasteiger partial charge in [-0.25, -0.2) is 19.0 Å². The van der Waals surface area contributed by atoms with Gasteiger partial charge in [-0.2, -0.15) is 5.10 Å². The second-order valence-electron chi connectivity index (χ2n) is 7.62. The van der Waals surface area contributed by atoms with E-state index in [2.05, 4.69) is 20.4 Å². The van der Waals surface area contributed by atoms with E-state index in [0.29, 0.717) is 17.1 Å². The zero-order valence-corrected chi connectivity index (χ0v) is 17.0. The summed E-state index contributed by atoms with van der Waals surface area (Å²) in [5.74, 6) is -1.21. The Morgan fingerprint density at radius 1 is 1.38 bits per heavy atom. The lowest BCUT2D eigenvalue weighted by Crippen LogP contribution is -2.56. The lowest BCUT2D eigenvalue weighted by Gasteiger charge is -2.44. The molecule has 2 N–H and O–H groups in total. The van der Waals surface area contributed by atoms with Gasteiger partial charge < -0.3 is 19.9 Å². The molecule has 1 spiro atoms. The molecule has 11 nitrogen and oxygen atoms in total. The number of rotatable bonds is 4. The monoisotopic (exact) mass is 442 g/mol. The third kappa shape index (κ3) is 3.24. The lowest BCUT2D eigenvalue weighted by atomic mass is 9.99. The predicted octanol–water partition coefficient (Wildman–Crippen LogP) is 0.163. The van der Waals surface area contributed by atoms with E-state index in [0.717, 1.165) is 0 Å². The van der Waals surface area contributed by atoms with Crippen molar-refractivity contribution in [2.75, 3.05) is 19.8 Å². The fourth-order valence-electron chi connectivity index (χ4n) is 3.78. The number of aromatic hydroxyl groups is 1. The minimum absolute atomic E-state index is 0.0301. The van der Waals surface area contributed by atoms with Crippen molar-refractivity contribution in [2.24, 2.45) is 0 Å². The highest BCUT2D eigenvalue weighted by Gasteiger charge is 2.48. The molecule has 12 heteroatoms. The molecule has 1 aromatic carbocycles. The molecule has 2 aliphatic rings. The number of hydrogen-bond donors (Lipinski definition) is 2. The number of hydrogen-bond acceptors (Lipinski definition) is 8. The Labute approximate surface area is 180 Å². The van der Waals surface area contributed by atoms with E-state index in [9.17, 15) is 19.1 Å². The summed E-state index contributed by atoms with van der Waals surface area (Å²) < 4.78 is 27.5. The SMILES string of the molecule is Cc1ncn(-c2cc(F)ccc2CNC(=O)c2nc3n(c(=O)c2O)CCOC32COC2)n1. The molecule has 32 heavy (non-hydrogen) atoms. The minimum Gasteiger partial charge on any atom is -0.501 e. The van der Waals surface area contributed by atoms with Crippen molar-refractivity contribution in [3.8, 4) is 11.4 Å². The van der Waals surface area contributed by atoms with Gasteiger partial charge in [0.2, 0.25) is 5.75 Å². The maximum atomic E-state index is 13.8. The van der Waals surface area contributed by atoms with Crippen molar-refractivity contribution in [1.29, 1.82) is 0 Å². The van der Waals surface area contributed by atoms with Crippen LogP contribution in [0.5, 0.6) is 5.75 Å². The van der Waals surface area contributed by atoms with E-state index < -0.39 is 34.3 Å². The molecule has 1 amide bonds. The number of carbonyl (C=O) groups is 1. The van der Waals surface area contributed by atoms with Gasteiger partial charge in [0.1, 0.15) is 23.8 Å². The van der Waals surface area contributed by atoms with E-state index in [1.54, 1.807) is 6.92 Å². The van der Waals surface area contributed by atoms with Gasteiger partial charge in [0.15, 0.2) is 11.3 Å². The summed E-state index contributed by atoms with van der Waals surface area (Å²) in [6, 6.07) is 4.04. The molecule has 0 saturated carbocycles. The predicted molar refractivity (Wildman–Crippen MR) is 106 cm³/mol. The second kappa shape index (κ2) is 7.50. The number of halogens is 1. The summed E-state index contributed by atoms with van der Waals surface area (Å²) in [4.78, 5) is 33.8. The Morgan fingerprint density at radius 2 is 2.19 bits per heavy atom. The number of amides is 1. The molecule has 0 radical (unpaired) electrons. The molecule has 5 rings (SSSR count). The molecule has 166 valence electrons. The van der Waals surface area contributed by atoms with Crippen LogP contribution in [-0.2, 0) is 28.2 Å². The van der Waals surface area contributed by atoms with Crippen LogP contribution in [0, 0.1) is 12.7 Å². The van der Waals surface area contributed by atoms with Gasteiger partial charge in [-0.15, -0.1) is 0 Å². The van der Waals surface area contributed by atoms with Gasteiger partial charge in [-0.05, 0) is 24.6 Å². The number of ether oxygens (including phenoxy) is 2. The molecule has 0 atom stereocenters. The highest BCUT2D eigenvalue weighted by molar-refractivity contribution is 5.94. The van der Waals surface area contributed by atoms with Gasteiger partial charge in [-0.1, -0.05) is 6.07 Å².